The molecule has 0 aromatic rings. The number of nitrogens with one attached hydrogen (secondary N) is 1. The summed E-state index contributed by atoms with van der Waals surface area (Å²) in [4.78, 5) is 33.4. The quantitative estimate of drug-likeness (QED) is 0.696. The molecule has 0 aliphatic carbocycles. The molecule has 0 saturated carbocycles. The molecule has 0 aromatic heterocycles. The largest absolute Gasteiger partial charge is 0.369 e. The summed E-state index contributed by atoms with van der Waals surface area (Å²) in [6.07, 6.45) is 1.60. The van der Waals surface area contributed by atoms with E-state index in [2.05, 4.69) is 5.32 Å². The lowest BCUT2D eigenvalue weighted by atomic mass is 9.89. The third-order valence-corrected chi connectivity index (χ3v) is 2.63. The van der Waals surface area contributed by atoms with Crippen LogP contribution in [0.3, 0.4) is 0 Å². The van der Waals surface area contributed by atoms with Crippen molar-refractivity contribution in [3.8, 4) is 0 Å². The molecule has 2 atom stereocenters. The standard InChI is InChI=1S/C11H20N2O3/c1-4-8(10(12)15)6-9(5-2)11(16)13-7(3)14/h8-9H,4-6H2,1-3H3,(H2,12,15)(H,13,14,16). The van der Waals surface area contributed by atoms with Crippen molar-refractivity contribution >= 4 is 17.7 Å². The zero-order chi connectivity index (χ0) is 12.7. The highest BCUT2D eigenvalue weighted by Gasteiger charge is 2.24. The highest BCUT2D eigenvalue weighted by Crippen LogP contribution is 2.18. The predicted octanol–water partition coefficient (Wildman–Crippen LogP) is 0.577. The van der Waals surface area contributed by atoms with E-state index >= 15 is 0 Å². The molecular weight excluding hydrogens is 208 g/mol. The van der Waals surface area contributed by atoms with E-state index < -0.39 is 5.91 Å². The minimum Gasteiger partial charge on any atom is -0.369 e. The first kappa shape index (κ1) is 14.6. The third kappa shape index (κ3) is 4.91. The van der Waals surface area contributed by atoms with Gasteiger partial charge in [0.15, 0.2) is 0 Å². The van der Waals surface area contributed by atoms with Crippen LogP contribution in [0.2, 0.25) is 0 Å². The first-order valence-corrected chi connectivity index (χ1v) is 5.53. The van der Waals surface area contributed by atoms with Crippen molar-refractivity contribution in [3.63, 3.8) is 0 Å². The zero-order valence-corrected chi connectivity index (χ0v) is 10.1. The highest BCUT2D eigenvalue weighted by atomic mass is 16.2. The first-order valence-electron chi connectivity index (χ1n) is 5.53. The molecule has 5 nitrogen and oxygen atoms in total. The Kier molecular flexibility index (Phi) is 6.37. The Morgan fingerprint density at radius 2 is 1.62 bits per heavy atom. The Morgan fingerprint density at radius 3 is 1.94 bits per heavy atom. The van der Waals surface area contributed by atoms with Crippen LogP contribution < -0.4 is 11.1 Å². The van der Waals surface area contributed by atoms with Gasteiger partial charge in [0.05, 0.1) is 0 Å². The smallest absolute Gasteiger partial charge is 0.229 e. The molecule has 0 bridgehead atoms. The maximum Gasteiger partial charge on any atom is 0.229 e. The van der Waals surface area contributed by atoms with Crippen LogP contribution in [0.1, 0.15) is 40.0 Å². The topological polar surface area (TPSA) is 89.3 Å². The van der Waals surface area contributed by atoms with Gasteiger partial charge >= 0.3 is 0 Å². The van der Waals surface area contributed by atoms with E-state index in [1.54, 1.807) is 0 Å². The van der Waals surface area contributed by atoms with Crippen LogP contribution in [0.5, 0.6) is 0 Å². The van der Waals surface area contributed by atoms with Gasteiger partial charge in [-0.2, -0.15) is 0 Å². The van der Waals surface area contributed by atoms with E-state index in [-0.39, 0.29) is 23.7 Å². The van der Waals surface area contributed by atoms with Gasteiger partial charge in [0.25, 0.3) is 0 Å². The summed E-state index contributed by atoms with van der Waals surface area (Å²) in [6, 6.07) is 0. The van der Waals surface area contributed by atoms with Crippen molar-refractivity contribution in [1.82, 2.24) is 5.32 Å². The summed E-state index contributed by atoms with van der Waals surface area (Å²) in [5.74, 6) is -1.73. The molecule has 0 saturated heterocycles. The maximum atomic E-state index is 11.6. The zero-order valence-electron chi connectivity index (χ0n) is 10.1. The molecule has 0 radical (unpaired) electrons. The summed E-state index contributed by atoms with van der Waals surface area (Å²) < 4.78 is 0. The maximum absolute atomic E-state index is 11.6. The normalized spacial score (nSPS) is 13.9. The molecule has 0 aromatic carbocycles. The van der Waals surface area contributed by atoms with Gasteiger partial charge in [0, 0.05) is 18.8 Å². The number of carbonyl (C=O) groups is 3. The van der Waals surface area contributed by atoms with Crippen LogP contribution in [-0.2, 0) is 14.4 Å². The Bertz CT molecular complexity index is 276. The lowest BCUT2D eigenvalue weighted by Crippen LogP contribution is -2.36. The van der Waals surface area contributed by atoms with Crippen LogP contribution in [-0.4, -0.2) is 17.7 Å². The van der Waals surface area contributed by atoms with Gasteiger partial charge in [-0.3, -0.25) is 19.7 Å². The second-order valence-electron chi connectivity index (χ2n) is 3.89. The van der Waals surface area contributed by atoms with Gasteiger partial charge in [-0.25, -0.2) is 0 Å². The van der Waals surface area contributed by atoms with E-state index in [0.717, 1.165) is 0 Å². The van der Waals surface area contributed by atoms with Gasteiger partial charge in [0.2, 0.25) is 17.7 Å². The first-order chi connectivity index (χ1) is 7.42. The van der Waals surface area contributed by atoms with Crippen molar-refractivity contribution in [3.05, 3.63) is 0 Å². The predicted molar refractivity (Wildman–Crippen MR) is 60.2 cm³/mol. The van der Waals surface area contributed by atoms with Crippen molar-refractivity contribution in [2.75, 3.05) is 0 Å². The average Bonchev–Trinajstić information content (AvgIpc) is 2.17. The van der Waals surface area contributed by atoms with E-state index in [9.17, 15) is 14.4 Å². The molecule has 3 N–H and O–H groups in total. The van der Waals surface area contributed by atoms with Crippen LogP contribution in [0.15, 0.2) is 0 Å². The number of hydrogen-bond donors (Lipinski definition) is 2. The SMILES string of the molecule is CCC(CC(CC)C(=O)NC(C)=O)C(N)=O. The lowest BCUT2D eigenvalue weighted by Gasteiger charge is -2.18. The fourth-order valence-corrected chi connectivity index (χ4v) is 1.56. The van der Waals surface area contributed by atoms with Crippen LogP contribution in [0.4, 0.5) is 0 Å². The van der Waals surface area contributed by atoms with E-state index in [1.807, 2.05) is 13.8 Å². The van der Waals surface area contributed by atoms with Gasteiger partial charge in [0.1, 0.15) is 0 Å². The Hall–Kier alpha value is -1.39. The van der Waals surface area contributed by atoms with E-state index in [0.29, 0.717) is 19.3 Å². The molecule has 5 heteroatoms. The summed E-state index contributed by atoms with van der Waals surface area (Å²) >= 11 is 0. The number of hydrogen-bond acceptors (Lipinski definition) is 3. The van der Waals surface area contributed by atoms with Crippen molar-refractivity contribution in [1.29, 1.82) is 0 Å². The molecule has 0 aliphatic heterocycles. The number of imide groups is 1. The average molecular weight is 228 g/mol. The molecule has 0 aliphatic rings. The molecule has 16 heavy (non-hydrogen) atoms. The summed E-state index contributed by atoms with van der Waals surface area (Å²) in [6.45, 7) is 4.99. The van der Waals surface area contributed by atoms with Gasteiger partial charge in [-0.1, -0.05) is 13.8 Å². The van der Waals surface area contributed by atoms with Gasteiger partial charge < -0.3 is 5.73 Å². The molecule has 0 rings (SSSR count). The number of carbonyl (C=O) groups excluding carboxylic acids is 3. The second-order valence-corrected chi connectivity index (χ2v) is 3.89. The van der Waals surface area contributed by atoms with Crippen molar-refractivity contribution in [2.24, 2.45) is 17.6 Å². The molecule has 0 fully saturated rings. The Balaban J connectivity index is 4.43. The van der Waals surface area contributed by atoms with Gasteiger partial charge in [-0.05, 0) is 19.3 Å². The van der Waals surface area contributed by atoms with E-state index in [1.165, 1.54) is 6.92 Å². The molecular formula is C11H20N2O3. The Labute approximate surface area is 95.8 Å². The summed E-state index contributed by atoms with van der Waals surface area (Å²) in [5.41, 5.74) is 5.21. The van der Waals surface area contributed by atoms with Crippen LogP contribution in [0, 0.1) is 11.8 Å². The number of nitrogens with two attached hydrogens (primary N) is 1. The number of amides is 3. The number of primary amides is 1. The van der Waals surface area contributed by atoms with E-state index in [4.69, 9.17) is 5.73 Å². The summed E-state index contributed by atoms with van der Waals surface area (Å²) in [5, 5.41) is 2.23. The number of rotatable bonds is 6. The molecule has 92 valence electrons. The second kappa shape index (κ2) is 6.98. The van der Waals surface area contributed by atoms with Crippen molar-refractivity contribution in [2.45, 2.75) is 40.0 Å². The minimum absolute atomic E-state index is 0.303. The fraction of sp³-hybridized carbons (Fsp3) is 0.727. The Morgan fingerprint density at radius 1 is 1.12 bits per heavy atom. The van der Waals surface area contributed by atoms with Crippen molar-refractivity contribution < 1.29 is 14.4 Å². The molecule has 2 unspecified atom stereocenters. The van der Waals surface area contributed by atoms with Crippen LogP contribution >= 0.6 is 0 Å². The highest BCUT2D eigenvalue weighted by molar-refractivity contribution is 5.95. The summed E-state index contributed by atoms with van der Waals surface area (Å²) in [7, 11) is 0. The third-order valence-electron chi connectivity index (χ3n) is 2.63. The molecule has 0 spiro atoms. The lowest BCUT2D eigenvalue weighted by molar-refractivity contribution is -0.132. The van der Waals surface area contributed by atoms with Gasteiger partial charge in [-0.15, -0.1) is 0 Å². The molecule has 0 heterocycles. The minimum atomic E-state index is -0.392. The van der Waals surface area contributed by atoms with Crippen LogP contribution in [0.25, 0.3) is 0 Å². The molecule has 3 amide bonds. The fourth-order valence-electron chi connectivity index (χ4n) is 1.56. The monoisotopic (exact) mass is 228 g/mol.